The molecular weight excluding hydrogens is 488 g/mol. The van der Waals surface area contributed by atoms with Crippen LogP contribution in [0, 0.1) is 18.7 Å². The summed E-state index contributed by atoms with van der Waals surface area (Å²) in [5.41, 5.74) is -1.30. The molecule has 4 rings (SSSR count). The predicted octanol–water partition coefficient (Wildman–Crippen LogP) is 3.35. The summed E-state index contributed by atoms with van der Waals surface area (Å²) in [6.45, 7) is 0.511. The number of imide groups is 1. The Labute approximate surface area is 201 Å². The molecule has 2 aromatic carbocycles. The van der Waals surface area contributed by atoms with Crippen LogP contribution in [0.2, 0.25) is 0 Å². The van der Waals surface area contributed by atoms with Crippen LogP contribution in [0.3, 0.4) is 0 Å². The predicted molar refractivity (Wildman–Crippen MR) is 118 cm³/mol. The van der Waals surface area contributed by atoms with Gasteiger partial charge in [0, 0.05) is 25.3 Å². The summed E-state index contributed by atoms with van der Waals surface area (Å²) < 4.78 is 54.8. The highest BCUT2D eigenvalue weighted by Gasteiger charge is 2.44. The Kier molecular flexibility index (Phi) is 6.33. The highest BCUT2D eigenvalue weighted by molar-refractivity contribution is 6.12. The number of hydrogen-bond donors (Lipinski definition) is 2. The van der Waals surface area contributed by atoms with Crippen LogP contribution in [0.4, 0.5) is 38.5 Å². The fraction of sp³-hybridized carbons (Fsp3) is 0.304. The molecule has 2 aliphatic heterocycles. The Bertz CT molecular complexity index is 1270. The van der Waals surface area contributed by atoms with E-state index in [1.807, 2.05) is 0 Å². The average Bonchev–Trinajstić information content (AvgIpc) is 3.22. The van der Waals surface area contributed by atoms with Crippen molar-refractivity contribution >= 4 is 35.3 Å². The summed E-state index contributed by atoms with van der Waals surface area (Å²) >= 11 is 0. The number of rotatable bonds is 5. The monoisotopic (exact) mass is 508 g/mol. The van der Waals surface area contributed by atoms with Crippen LogP contribution in [0.5, 0.6) is 0 Å². The largest absolute Gasteiger partial charge is 0.481 e. The molecule has 1 atom stereocenters. The van der Waals surface area contributed by atoms with Crippen molar-refractivity contribution < 1.29 is 41.8 Å². The first-order valence-electron chi connectivity index (χ1n) is 10.8. The minimum Gasteiger partial charge on any atom is -0.481 e. The van der Waals surface area contributed by atoms with Gasteiger partial charge in [-0.25, -0.2) is 14.0 Å². The highest BCUT2D eigenvalue weighted by Crippen LogP contribution is 2.34. The van der Waals surface area contributed by atoms with Crippen LogP contribution >= 0.6 is 0 Å². The third kappa shape index (κ3) is 4.43. The van der Waals surface area contributed by atoms with E-state index in [2.05, 4.69) is 5.32 Å². The molecule has 2 saturated heterocycles. The van der Waals surface area contributed by atoms with Gasteiger partial charge in [0.05, 0.1) is 17.8 Å². The van der Waals surface area contributed by atoms with Gasteiger partial charge in [-0.3, -0.25) is 24.3 Å². The number of hydrogen-bond acceptors (Lipinski definition) is 4. The van der Waals surface area contributed by atoms with E-state index in [0.717, 1.165) is 28.0 Å². The van der Waals surface area contributed by atoms with Crippen LogP contribution in [-0.2, 0) is 22.3 Å². The number of anilines is 2. The number of urea groups is 2. The second kappa shape index (κ2) is 9.13. The summed E-state index contributed by atoms with van der Waals surface area (Å²) in [5.74, 6) is -5.22. The molecule has 2 aromatic rings. The Morgan fingerprint density at radius 1 is 1.14 bits per heavy atom. The van der Waals surface area contributed by atoms with E-state index >= 15 is 0 Å². The zero-order valence-electron chi connectivity index (χ0n) is 18.8. The van der Waals surface area contributed by atoms with E-state index in [1.165, 1.54) is 25.1 Å². The number of halogens is 4. The quantitative estimate of drug-likeness (QED) is 0.476. The molecule has 36 heavy (non-hydrogen) atoms. The summed E-state index contributed by atoms with van der Waals surface area (Å²) in [5, 5.41) is 12.1. The van der Waals surface area contributed by atoms with Gasteiger partial charge in [0.2, 0.25) is 5.91 Å². The summed E-state index contributed by atoms with van der Waals surface area (Å²) in [6.07, 6.45) is -4.67. The molecule has 0 radical (unpaired) electrons. The average molecular weight is 508 g/mol. The first-order valence-corrected chi connectivity index (χ1v) is 10.8. The first kappa shape index (κ1) is 24.9. The molecule has 0 saturated carbocycles. The number of nitrogens with zero attached hydrogens (tertiary/aromatic N) is 3. The van der Waals surface area contributed by atoms with E-state index in [-0.39, 0.29) is 29.0 Å². The van der Waals surface area contributed by atoms with Crippen molar-refractivity contribution in [3.05, 3.63) is 58.9 Å². The van der Waals surface area contributed by atoms with Crippen LogP contribution < -0.4 is 15.1 Å². The molecular formula is C23H20F4N4O5. The lowest BCUT2D eigenvalue weighted by Crippen LogP contribution is -2.58. The first-order chi connectivity index (χ1) is 16.9. The van der Waals surface area contributed by atoms with Gasteiger partial charge in [0.1, 0.15) is 5.82 Å². The SMILES string of the molecule is Cc1c(CN2C(=O)C(C(=O)O)CN(c3ccc(N4CCNC4=O)c(F)c3)C2=O)cccc1C(F)(F)F. The molecule has 9 nitrogen and oxygen atoms in total. The minimum atomic E-state index is -4.67. The van der Waals surface area contributed by atoms with Gasteiger partial charge in [-0.05, 0) is 42.3 Å². The van der Waals surface area contributed by atoms with Crippen molar-refractivity contribution in [2.45, 2.75) is 19.6 Å². The number of amides is 5. The number of carboxylic acid groups (broad SMARTS) is 1. The summed E-state index contributed by atoms with van der Waals surface area (Å²) in [4.78, 5) is 52.3. The van der Waals surface area contributed by atoms with E-state index < -0.39 is 60.5 Å². The van der Waals surface area contributed by atoms with E-state index in [4.69, 9.17) is 0 Å². The molecule has 13 heteroatoms. The van der Waals surface area contributed by atoms with Crippen molar-refractivity contribution in [3.63, 3.8) is 0 Å². The molecule has 0 bridgehead atoms. The Balaban J connectivity index is 1.68. The smallest absolute Gasteiger partial charge is 0.416 e. The maximum absolute atomic E-state index is 14.9. The van der Waals surface area contributed by atoms with E-state index in [9.17, 15) is 41.8 Å². The highest BCUT2D eigenvalue weighted by atomic mass is 19.4. The molecule has 1 unspecified atom stereocenters. The van der Waals surface area contributed by atoms with Gasteiger partial charge in [-0.2, -0.15) is 13.2 Å². The number of alkyl halides is 3. The van der Waals surface area contributed by atoms with Crippen molar-refractivity contribution in [3.8, 4) is 0 Å². The lowest BCUT2D eigenvalue weighted by atomic mass is 9.99. The van der Waals surface area contributed by atoms with Gasteiger partial charge < -0.3 is 10.4 Å². The maximum atomic E-state index is 14.9. The second-order valence-corrected chi connectivity index (χ2v) is 8.32. The number of carboxylic acids is 1. The molecule has 0 aromatic heterocycles. The zero-order chi connectivity index (χ0) is 26.4. The van der Waals surface area contributed by atoms with Gasteiger partial charge >= 0.3 is 24.2 Å². The Morgan fingerprint density at radius 3 is 2.44 bits per heavy atom. The third-order valence-corrected chi connectivity index (χ3v) is 6.16. The summed E-state index contributed by atoms with van der Waals surface area (Å²) in [7, 11) is 0. The molecule has 190 valence electrons. The Morgan fingerprint density at radius 2 is 1.86 bits per heavy atom. The third-order valence-electron chi connectivity index (χ3n) is 6.16. The molecule has 0 spiro atoms. The van der Waals surface area contributed by atoms with E-state index in [1.54, 1.807) is 0 Å². The lowest BCUT2D eigenvalue weighted by Gasteiger charge is -2.37. The fourth-order valence-corrected chi connectivity index (χ4v) is 4.23. The summed E-state index contributed by atoms with van der Waals surface area (Å²) in [6, 6.07) is 5.24. The minimum absolute atomic E-state index is 0.000844. The normalized spacial score (nSPS) is 18.6. The van der Waals surface area contributed by atoms with Crippen LogP contribution in [0.25, 0.3) is 0 Å². The Hall–Kier alpha value is -4.16. The van der Waals surface area contributed by atoms with Gasteiger partial charge in [-0.1, -0.05) is 12.1 Å². The standard InChI is InChI=1S/C23H20F4N4O5/c1-12-13(3-2-4-16(12)23(25,26)27)10-31-19(32)15(20(33)34)11-30(22(31)36)14-5-6-18(17(24)9-14)29-8-7-28-21(29)35/h2-6,9,15H,7-8,10-11H2,1H3,(H,28,35)(H,33,34). The van der Waals surface area contributed by atoms with Crippen molar-refractivity contribution in [2.24, 2.45) is 5.92 Å². The van der Waals surface area contributed by atoms with Crippen molar-refractivity contribution in [1.29, 1.82) is 0 Å². The van der Waals surface area contributed by atoms with Gasteiger partial charge in [-0.15, -0.1) is 0 Å². The molecule has 2 aliphatic rings. The number of nitrogens with one attached hydrogen (secondary N) is 1. The topological polar surface area (TPSA) is 110 Å². The zero-order valence-corrected chi connectivity index (χ0v) is 18.8. The van der Waals surface area contributed by atoms with Crippen molar-refractivity contribution in [1.82, 2.24) is 10.2 Å². The number of benzene rings is 2. The number of aliphatic carboxylic acids is 1. The molecule has 2 N–H and O–H groups in total. The number of carbonyl (C=O) groups excluding carboxylic acids is 3. The lowest BCUT2D eigenvalue weighted by molar-refractivity contribution is -0.150. The van der Waals surface area contributed by atoms with Crippen LogP contribution in [-0.4, -0.2) is 53.6 Å². The maximum Gasteiger partial charge on any atom is 0.416 e. The van der Waals surface area contributed by atoms with Gasteiger partial charge in [0.15, 0.2) is 5.92 Å². The molecule has 2 fully saturated rings. The molecule has 5 amide bonds. The van der Waals surface area contributed by atoms with Crippen molar-refractivity contribution in [2.75, 3.05) is 29.4 Å². The fourth-order valence-electron chi connectivity index (χ4n) is 4.23. The van der Waals surface area contributed by atoms with Crippen LogP contribution in [0.15, 0.2) is 36.4 Å². The second-order valence-electron chi connectivity index (χ2n) is 8.32. The van der Waals surface area contributed by atoms with E-state index in [0.29, 0.717) is 11.4 Å². The van der Waals surface area contributed by atoms with Crippen LogP contribution in [0.1, 0.15) is 16.7 Å². The molecule has 0 aliphatic carbocycles. The van der Waals surface area contributed by atoms with Gasteiger partial charge in [0.25, 0.3) is 0 Å². The molecule has 2 heterocycles. The number of carbonyl (C=O) groups is 4.